The van der Waals surface area contributed by atoms with Gasteiger partial charge in [0.2, 0.25) is 5.24 Å². The highest BCUT2D eigenvalue weighted by Crippen LogP contribution is 2.36. The minimum absolute atomic E-state index is 0. The number of ether oxygens (including phenoxy) is 1. The zero-order chi connectivity index (χ0) is 43.4. The Hall–Kier alpha value is -6.37. The number of nitriles is 3. The number of allylic oxidation sites excluding steroid dienone is 1. The van der Waals surface area contributed by atoms with E-state index < -0.39 is 74.6 Å². The minimum Gasteiger partial charge on any atom is -0.399 e. The number of hydrogen-bond acceptors (Lipinski definition) is 8. The lowest BCUT2D eigenvalue weighted by Gasteiger charge is -2.12. The molecule has 22 heteroatoms. The van der Waals surface area contributed by atoms with E-state index in [-0.39, 0.29) is 57.2 Å². The summed E-state index contributed by atoms with van der Waals surface area (Å²) >= 11 is 4.87. The molecule has 60 heavy (non-hydrogen) atoms. The Labute approximate surface area is 346 Å². The average molecular weight is 878 g/mol. The van der Waals surface area contributed by atoms with Gasteiger partial charge in [0.1, 0.15) is 0 Å². The summed E-state index contributed by atoms with van der Waals surface area (Å²) in [7, 11) is 0. The molecule has 3 radical (unpaired) electrons. The first kappa shape index (κ1) is 60.3. The van der Waals surface area contributed by atoms with Gasteiger partial charge in [-0.25, -0.2) is 0 Å². The van der Waals surface area contributed by atoms with E-state index in [0.29, 0.717) is 5.57 Å². The summed E-state index contributed by atoms with van der Waals surface area (Å²) in [6.45, 7) is 11.4. The van der Waals surface area contributed by atoms with E-state index >= 15 is 0 Å². The maximum absolute atomic E-state index is 12.7. The van der Waals surface area contributed by atoms with Crippen LogP contribution in [0.1, 0.15) is 69.0 Å². The molecule has 3 aromatic carbocycles. The van der Waals surface area contributed by atoms with Crippen molar-refractivity contribution >= 4 is 54.1 Å². The predicted molar refractivity (Wildman–Crippen MR) is 207 cm³/mol. The molecule has 4 rings (SSSR count). The monoisotopic (exact) mass is 877 g/mol. The number of hydrogen-bond donors (Lipinski definition) is 3. The number of alkyl halides is 9. The molecule has 0 aromatic heterocycles. The number of nitrogens with two attached hydrogens (primary N) is 1. The predicted octanol–water partition coefficient (Wildman–Crippen LogP) is 9.93. The molecule has 1 fully saturated rings. The summed E-state index contributed by atoms with van der Waals surface area (Å²) in [4.78, 5) is 32.7. The van der Waals surface area contributed by atoms with Crippen molar-refractivity contribution in [1.29, 1.82) is 15.8 Å². The zero-order valence-electron chi connectivity index (χ0n) is 30.1. The third-order valence-corrected chi connectivity index (χ3v) is 6.98. The molecule has 10 nitrogen and oxygen atoms in total. The van der Waals surface area contributed by atoms with Crippen molar-refractivity contribution in [3.63, 3.8) is 0 Å². The Bertz CT molecular complexity index is 2120. The van der Waals surface area contributed by atoms with Crippen LogP contribution in [0.5, 0.6) is 0 Å². The van der Waals surface area contributed by atoms with E-state index in [1.165, 1.54) is 50.3 Å². The maximum Gasteiger partial charge on any atom is 0.417 e. The van der Waals surface area contributed by atoms with Gasteiger partial charge in [-0.2, -0.15) is 55.3 Å². The fourth-order valence-electron chi connectivity index (χ4n) is 3.54. The number of halogens is 11. The summed E-state index contributed by atoms with van der Waals surface area (Å²) in [6.07, 6.45) is -13.8. The second kappa shape index (κ2) is 24.5. The van der Waals surface area contributed by atoms with Gasteiger partial charge < -0.3 is 21.1 Å². The van der Waals surface area contributed by atoms with Crippen LogP contribution in [0.15, 0.2) is 78.9 Å². The fourth-order valence-corrected chi connectivity index (χ4v) is 3.54. The molecule has 1 atom stereocenters. The molecule has 0 bridgehead atoms. The summed E-state index contributed by atoms with van der Waals surface area (Å²) in [5.74, 6) is -1.09. The summed E-state index contributed by atoms with van der Waals surface area (Å²) in [5.41, 5.74) is 0.166. The van der Waals surface area contributed by atoms with Gasteiger partial charge >= 0.3 is 18.5 Å². The summed E-state index contributed by atoms with van der Waals surface area (Å²) in [5, 5.41) is 29.7. The molecular weight excluding hydrogens is 841 g/mol. The maximum atomic E-state index is 12.7. The third kappa shape index (κ3) is 18.9. The molecule has 2 amide bonds. The van der Waals surface area contributed by atoms with E-state index in [0.717, 1.165) is 36.4 Å². The van der Waals surface area contributed by atoms with Crippen LogP contribution in [-0.4, -0.2) is 37.7 Å². The standard InChI is InChI=1S/C12H9F3N2O2.C12H9F3N2O.C8H5F3N2.C4H5ClO.2CH4.B.FH/c1-11(6-19-11)10(18)17-8-3-2-7(5-16)9(4-8)12(13,14)15;1-7(2)11(18)17-9-4-3-8(6-16)10(5-9)12(13,14)15;9-8(10,11)7-3-6(13)2-1-5(7)4-12;1-3(2)4(5)6;;;;/h2-4H,6H2,1H3,(H,17,18);3-5H,1H2,2H3,(H,17,18);1-3H,13H2;1H2,2H3;2*1H4;;1H. The lowest BCUT2D eigenvalue weighted by atomic mass is 10.1. The number of nitrogens with one attached hydrogen (secondary N) is 2. The summed E-state index contributed by atoms with van der Waals surface area (Å²) in [6, 6.07) is 13.4. The molecule has 1 heterocycles. The van der Waals surface area contributed by atoms with Crippen molar-refractivity contribution in [2.45, 2.75) is 59.8 Å². The Morgan fingerprint density at radius 1 is 0.717 bits per heavy atom. The molecule has 323 valence electrons. The zero-order valence-corrected chi connectivity index (χ0v) is 30.9. The van der Waals surface area contributed by atoms with Crippen molar-refractivity contribution in [2.75, 3.05) is 23.0 Å². The van der Waals surface area contributed by atoms with Crippen LogP contribution in [-0.2, 0) is 37.6 Å². The Morgan fingerprint density at radius 3 is 1.32 bits per heavy atom. The third-order valence-electron chi connectivity index (χ3n) is 6.66. The normalized spacial score (nSPS) is 13.2. The van der Waals surface area contributed by atoms with Crippen molar-refractivity contribution in [3.8, 4) is 18.2 Å². The van der Waals surface area contributed by atoms with Crippen molar-refractivity contribution in [3.05, 3.63) is 112 Å². The lowest BCUT2D eigenvalue weighted by molar-refractivity contribution is -0.138. The minimum atomic E-state index is -4.65. The van der Waals surface area contributed by atoms with Gasteiger partial charge in [0.15, 0.2) is 5.60 Å². The first-order valence-corrected chi connectivity index (χ1v) is 15.4. The lowest BCUT2D eigenvalue weighted by Crippen LogP contribution is -2.28. The van der Waals surface area contributed by atoms with Gasteiger partial charge in [-0.15, -0.1) is 0 Å². The molecular formula is C38H37BClF10N6O4. The van der Waals surface area contributed by atoms with E-state index in [2.05, 4.69) is 23.8 Å². The van der Waals surface area contributed by atoms with E-state index in [4.69, 9.17) is 37.9 Å². The topological polar surface area (TPSA) is 185 Å². The van der Waals surface area contributed by atoms with Crippen LogP contribution in [0.25, 0.3) is 0 Å². The molecule has 1 saturated heterocycles. The van der Waals surface area contributed by atoms with Crippen LogP contribution in [0.3, 0.4) is 0 Å². The number of anilines is 3. The second-order valence-corrected chi connectivity index (χ2v) is 11.8. The highest BCUT2D eigenvalue weighted by molar-refractivity contribution is 6.67. The highest BCUT2D eigenvalue weighted by atomic mass is 35.5. The smallest absolute Gasteiger partial charge is 0.399 e. The molecule has 0 saturated carbocycles. The number of rotatable bonds is 5. The van der Waals surface area contributed by atoms with Crippen molar-refractivity contribution in [2.24, 2.45) is 0 Å². The number of carbonyl (C=O) groups is 3. The van der Waals surface area contributed by atoms with Gasteiger partial charge in [-0.05, 0) is 87.0 Å². The van der Waals surface area contributed by atoms with Crippen LogP contribution in [0.2, 0.25) is 0 Å². The second-order valence-electron chi connectivity index (χ2n) is 11.4. The molecule has 1 aliphatic heterocycles. The SMILES string of the molecule is C.C.C=C(C)C(=O)Cl.C=C(C)C(=O)Nc1ccc(C#N)c(C(F)(F)F)c1.CC1(C(=O)Nc2ccc(C#N)c(C(F)(F)F)c2)CO1.F.N#Cc1ccc(N)cc1C(F)(F)F.[B]. The van der Waals surface area contributed by atoms with Crippen LogP contribution in [0, 0.1) is 34.0 Å². The van der Waals surface area contributed by atoms with Crippen molar-refractivity contribution < 1.29 is 63.3 Å². The largest absolute Gasteiger partial charge is 0.417 e. The molecule has 4 N–H and O–H groups in total. The van der Waals surface area contributed by atoms with E-state index in [1.54, 1.807) is 6.92 Å². The van der Waals surface area contributed by atoms with Crippen LogP contribution in [0.4, 0.5) is 61.3 Å². The highest BCUT2D eigenvalue weighted by Gasteiger charge is 2.47. The molecule has 1 aliphatic rings. The number of nitrogens with zero attached hydrogens (tertiary/aromatic N) is 3. The molecule has 0 spiro atoms. The van der Waals surface area contributed by atoms with Gasteiger partial charge in [0.05, 0.1) is 58.2 Å². The Morgan fingerprint density at radius 2 is 1.03 bits per heavy atom. The van der Waals surface area contributed by atoms with Crippen molar-refractivity contribution in [1.82, 2.24) is 0 Å². The number of amides is 2. The van der Waals surface area contributed by atoms with Gasteiger partial charge in [0.25, 0.3) is 11.8 Å². The Kier molecular flexibility index (Phi) is 24.7. The number of carbonyl (C=O) groups excluding carboxylic acids is 3. The summed E-state index contributed by atoms with van der Waals surface area (Å²) < 4.78 is 118. The number of epoxide rings is 1. The molecule has 0 aliphatic carbocycles. The van der Waals surface area contributed by atoms with Crippen LogP contribution >= 0.6 is 11.6 Å². The van der Waals surface area contributed by atoms with E-state index in [9.17, 15) is 53.9 Å². The van der Waals surface area contributed by atoms with Crippen LogP contribution < -0.4 is 16.4 Å². The number of nitrogen functional groups attached to an aromatic ring is 1. The van der Waals surface area contributed by atoms with E-state index in [1.807, 2.05) is 0 Å². The van der Waals surface area contributed by atoms with Gasteiger partial charge in [0, 0.05) is 36.6 Å². The van der Waals surface area contributed by atoms with Gasteiger partial charge in [-0.3, -0.25) is 19.1 Å². The average Bonchev–Trinajstić information content (AvgIpc) is 3.86. The fraction of sp³-hybridized carbons (Fsp3) is 0.263. The number of benzene rings is 3. The first-order chi connectivity index (χ1) is 25.6. The van der Waals surface area contributed by atoms with Gasteiger partial charge in [-0.1, -0.05) is 28.0 Å². The molecule has 3 aromatic rings. The quantitative estimate of drug-likeness (QED) is 0.0565. The first-order valence-electron chi connectivity index (χ1n) is 15.0. The Balaban J connectivity index is -0.000000360. The molecule has 1 unspecified atom stereocenters.